The lowest BCUT2D eigenvalue weighted by molar-refractivity contribution is -0.141. The van der Waals surface area contributed by atoms with E-state index in [0.717, 1.165) is 4.42 Å². The molecular formula is C10H14ClNO4. The van der Waals surface area contributed by atoms with Crippen LogP contribution < -0.4 is 0 Å². The number of amides is 1. The Morgan fingerprint density at radius 3 is 2.75 bits per heavy atom. The van der Waals surface area contributed by atoms with Gasteiger partial charge in [0.1, 0.15) is 18.8 Å². The molecule has 1 aliphatic rings. The molecule has 5 nitrogen and oxygen atoms in total. The number of nitrogens with zero attached hydrogens (tertiary/aromatic N) is 1. The van der Waals surface area contributed by atoms with Gasteiger partial charge in [-0.25, -0.2) is 14.0 Å². The number of hydrogen-bond donors (Lipinski definition) is 0. The van der Waals surface area contributed by atoms with E-state index in [1.807, 2.05) is 6.92 Å². The van der Waals surface area contributed by atoms with Crippen LogP contribution in [0.2, 0.25) is 0 Å². The van der Waals surface area contributed by atoms with Gasteiger partial charge in [0.05, 0.1) is 0 Å². The van der Waals surface area contributed by atoms with Crippen LogP contribution in [0.25, 0.3) is 0 Å². The lowest BCUT2D eigenvalue weighted by Gasteiger charge is -2.28. The summed E-state index contributed by atoms with van der Waals surface area (Å²) in [6, 6.07) is 0. The third kappa shape index (κ3) is 2.29. The number of carbonyl (C=O) groups is 2. The molecule has 0 N–H and O–H groups in total. The summed E-state index contributed by atoms with van der Waals surface area (Å²) >= 11 is 5.79. The maximum atomic E-state index is 11.2. The molecule has 1 atom stereocenters. The van der Waals surface area contributed by atoms with E-state index in [1.165, 1.54) is 0 Å². The van der Waals surface area contributed by atoms with Crippen LogP contribution in [0, 0.1) is 0 Å². The molecule has 0 spiro atoms. The van der Waals surface area contributed by atoms with Crippen molar-refractivity contribution >= 4 is 23.8 Å². The standard InChI is InChI=1S/C10H14ClNO4/c1-4-10(5-15-8(13)7(2)3)6-16-9(14)12(10)11/h2,4-6H2,1,3H3. The highest BCUT2D eigenvalue weighted by Gasteiger charge is 2.47. The van der Waals surface area contributed by atoms with E-state index in [1.54, 1.807) is 6.92 Å². The van der Waals surface area contributed by atoms with E-state index in [0.29, 0.717) is 12.0 Å². The summed E-state index contributed by atoms with van der Waals surface area (Å²) in [4.78, 5) is 22.4. The minimum atomic E-state index is -0.774. The normalized spacial score (nSPS) is 24.2. The van der Waals surface area contributed by atoms with Crippen molar-refractivity contribution in [2.75, 3.05) is 13.2 Å². The molecule has 1 saturated heterocycles. The van der Waals surface area contributed by atoms with E-state index in [4.69, 9.17) is 21.3 Å². The molecule has 0 radical (unpaired) electrons. The summed E-state index contributed by atoms with van der Waals surface area (Å²) in [7, 11) is 0. The molecule has 0 aromatic carbocycles. The number of cyclic esters (lactones) is 1. The van der Waals surface area contributed by atoms with Crippen molar-refractivity contribution in [3.63, 3.8) is 0 Å². The van der Waals surface area contributed by atoms with Gasteiger partial charge < -0.3 is 9.47 Å². The van der Waals surface area contributed by atoms with Gasteiger partial charge in [0.2, 0.25) is 0 Å². The van der Waals surface area contributed by atoms with Crippen molar-refractivity contribution in [1.29, 1.82) is 0 Å². The van der Waals surface area contributed by atoms with Crippen LogP contribution in [0.3, 0.4) is 0 Å². The molecule has 1 unspecified atom stereocenters. The molecule has 0 saturated carbocycles. The highest BCUT2D eigenvalue weighted by molar-refractivity contribution is 6.21. The zero-order chi connectivity index (χ0) is 12.3. The van der Waals surface area contributed by atoms with Crippen LogP contribution in [-0.2, 0) is 14.3 Å². The Kier molecular flexibility index (Phi) is 3.80. The van der Waals surface area contributed by atoms with E-state index in [9.17, 15) is 9.59 Å². The van der Waals surface area contributed by atoms with Gasteiger partial charge in [0.15, 0.2) is 0 Å². The first-order chi connectivity index (χ1) is 7.43. The molecular weight excluding hydrogens is 234 g/mol. The predicted octanol–water partition coefficient (Wildman–Crippen LogP) is 1.86. The second kappa shape index (κ2) is 4.74. The zero-order valence-electron chi connectivity index (χ0n) is 9.29. The van der Waals surface area contributed by atoms with Crippen molar-refractivity contribution in [3.05, 3.63) is 12.2 Å². The number of halogens is 1. The Labute approximate surface area is 99.1 Å². The third-order valence-corrected chi connectivity index (χ3v) is 3.02. The van der Waals surface area contributed by atoms with E-state index >= 15 is 0 Å². The van der Waals surface area contributed by atoms with E-state index in [-0.39, 0.29) is 13.2 Å². The van der Waals surface area contributed by atoms with Gasteiger partial charge >= 0.3 is 12.1 Å². The topological polar surface area (TPSA) is 55.8 Å². The average molecular weight is 248 g/mol. The first-order valence-electron chi connectivity index (χ1n) is 4.88. The Bertz CT molecular complexity index is 331. The second-order valence-corrected chi connectivity index (χ2v) is 4.11. The predicted molar refractivity (Wildman–Crippen MR) is 57.8 cm³/mol. The molecule has 0 aliphatic carbocycles. The van der Waals surface area contributed by atoms with Gasteiger partial charge in [-0.2, -0.15) is 0 Å². The molecule has 1 heterocycles. The summed E-state index contributed by atoms with van der Waals surface area (Å²) in [6.45, 7) is 6.98. The van der Waals surface area contributed by atoms with Crippen LogP contribution in [0.4, 0.5) is 4.79 Å². The molecule has 1 aliphatic heterocycles. The van der Waals surface area contributed by atoms with Crippen LogP contribution in [0.1, 0.15) is 20.3 Å². The molecule has 1 rings (SSSR count). The SMILES string of the molecule is C=C(C)C(=O)OCC1(CC)COC(=O)N1Cl. The fraction of sp³-hybridized carbons (Fsp3) is 0.600. The van der Waals surface area contributed by atoms with Gasteiger partial charge in [-0.05, 0) is 13.3 Å². The van der Waals surface area contributed by atoms with Crippen LogP contribution in [-0.4, -0.2) is 35.2 Å². The average Bonchev–Trinajstić information content (AvgIpc) is 2.54. The molecule has 90 valence electrons. The maximum Gasteiger partial charge on any atom is 0.425 e. The van der Waals surface area contributed by atoms with Gasteiger partial charge in [-0.1, -0.05) is 13.5 Å². The Morgan fingerprint density at radius 2 is 2.38 bits per heavy atom. The van der Waals surface area contributed by atoms with E-state index in [2.05, 4.69) is 6.58 Å². The number of hydrogen-bond acceptors (Lipinski definition) is 4. The van der Waals surface area contributed by atoms with Crippen molar-refractivity contribution in [2.24, 2.45) is 0 Å². The van der Waals surface area contributed by atoms with Crippen LogP contribution >= 0.6 is 11.8 Å². The van der Waals surface area contributed by atoms with Crippen molar-refractivity contribution in [1.82, 2.24) is 4.42 Å². The smallest absolute Gasteiger partial charge is 0.425 e. The van der Waals surface area contributed by atoms with Gasteiger partial charge in [0, 0.05) is 17.3 Å². The van der Waals surface area contributed by atoms with Crippen LogP contribution in [0.5, 0.6) is 0 Å². The Balaban J connectivity index is 2.65. The van der Waals surface area contributed by atoms with Gasteiger partial charge in [-0.3, -0.25) is 0 Å². The van der Waals surface area contributed by atoms with Gasteiger partial charge in [-0.15, -0.1) is 0 Å². The van der Waals surface area contributed by atoms with Crippen molar-refractivity contribution in [3.8, 4) is 0 Å². The lowest BCUT2D eigenvalue weighted by Crippen LogP contribution is -2.46. The Hall–Kier alpha value is -1.23. The molecule has 0 bridgehead atoms. The summed E-state index contributed by atoms with van der Waals surface area (Å²) in [6.07, 6.45) is -0.0824. The second-order valence-electron chi connectivity index (χ2n) is 3.77. The maximum absolute atomic E-state index is 11.2. The summed E-state index contributed by atoms with van der Waals surface area (Å²) in [5.74, 6) is -0.503. The number of rotatable bonds is 4. The Morgan fingerprint density at radius 1 is 1.75 bits per heavy atom. The summed E-state index contributed by atoms with van der Waals surface area (Å²) < 4.78 is 10.8. The highest BCUT2D eigenvalue weighted by atomic mass is 35.5. The fourth-order valence-corrected chi connectivity index (χ4v) is 1.53. The van der Waals surface area contributed by atoms with Gasteiger partial charge in [0.25, 0.3) is 0 Å². The van der Waals surface area contributed by atoms with Crippen LogP contribution in [0.15, 0.2) is 12.2 Å². The molecule has 0 aromatic rings. The minimum Gasteiger partial charge on any atom is -0.460 e. The molecule has 0 aromatic heterocycles. The fourth-order valence-electron chi connectivity index (χ4n) is 1.27. The molecule has 16 heavy (non-hydrogen) atoms. The molecule has 1 amide bonds. The first-order valence-corrected chi connectivity index (χ1v) is 5.22. The number of esters is 1. The van der Waals surface area contributed by atoms with Crippen molar-refractivity contribution in [2.45, 2.75) is 25.8 Å². The quantitative estimate of drug-likeness (QED) is 0.432. The third-order valence-electron chi connectivity index (χ3n) is 2.52. The van der Waals surface area contributed by atoms with Crippen molar-refractivity contribution < 1.29 is 19.1 Å². The number of carbonyl (C=O) groups excluding carboxylic acids is 2. The monoisotopic (exact) mass is 247 g/mol. The molecule has 6 heteroatoms. The number of ether oxygens (including phenoxy) is 2. The minimum absolute atomic E-state index is 0.00440. The summed E-state index contributed by atoms with van der Waals surface area (Å²) in [5, 5.41) is 0. The summed E-state index contributed by atoms with van der Waals surface area (Å²) in [5.41, 5.74) is -0.471. The highest BCUT2D eigenvalue weighted by Crippen LogP contribution is 2.30. The lowest BCUT2D eigenvalue weighted by atomic mass is 10.00. The largest absolute Gasteiger partial charge is 0.460 e. The molecule has 1 fully saturated rings. The zero-order valence-corrected chi connectivity index (χ0v) is 10.0. The first kappa shape index (κ1) is 12.8. The van der Waals surface area contributed by atoms with E-state index < -0.39 is 17.6 Å².